The first-order valence-corrected chi connectivity index (χ1v) is 9.76. The van der Waals surface area contributed by atoms with Gasteiger partial charge in [-0.15, -0.1) is 0 Å². The van der Waals surface area contributed by atoms with Gasteiger partial charge in [-0.1, -0.05) is 76.2 Å². The van der Waals surface area contributed by atoms with Crippen LogP contribution in [-0.2, 0) is 6.42 Å². The summed E-state index contributed by atoms with van der Waals surface area (Å²) in [5.41, 5.74) is 1.26. The Morgan fingerprint density at radius 3 is 2.04 bits per heavy atom. The maximum atomic E-state index is 9.42. The van der Waals surface area contributed by atoms with E-state index >= 15 is 0 Å². The van der Waals surface area contributed by atoms with E-state index in [-0.39, 0.29) is 0 Å². The van der Waals surface area contributed by atoms with Crippen LogP contribution >= 0.6 is 0 Å². The number of aromatic hydroxyl groups is 1. The van der Waals surface area contributed by atoms with Gasteiger partial charge in [-0.05, 0) is 56.2 Å². The van der Waals surface area contributed by atoms with E-state index in [0.29, 0.717) is 5.75 Å². The van der Waals surface area contributed by atoms with Gasteiger partial charge in [0.25, 0.3) is 0 Å². The Morgan fingerprint density at radius 1 is 0.783 bits per heavy atom. The zero-order valence-corrected chi connectivity index (χ0v) is 15.1. The summed E-state index contributed by atoms with van der Waals surface area (Å²) < 4.78 is 0. The predicted molar refractivity (Wildman–Crippen MR) is 102 cm³/mol. The molecule has 1 nitrogen and oxygen atoms in total. The number of allylic oxidation sites excluding steroid dienone is 2. The van der Waals surface area contributed by atoms with Gasteiger partial charge in [-0.25, -0.2) is 0 Å². The van der Waals surface area contributed by atoms with Crippen molar-refractivity contribution in [2.45, 2.75) is 90.4 Å². The molecule has 1 aromatic rings. The largest absolute Gasteiger partial charge is 0.508 e. The zero-order chi connectivity index (χ0) is 16.6. The molecule has 0 amide bonds. The second-order valence-electron chi connectivity index (χ2n) is 6.65. The lowest BCUT2D eigenvalue weighted by molar-refractivity contribution is 0.474. The molecule has 0 unspecified atom stereocenters. The molecule has 0 aromatic heterocycles. The minimum atomic E-state index is 0.390. The van der Waals surface area contributed by atoms with Crippen LogP contribution in [0.25, 0.3) is 0 Å². The van der Waals surface area contributed by atoms with Gasteiger partial charge in [0.05, 0.1) is 0 Å². The van der Waals surface area contributed by atoms with E-state index in [1.54, 1.807) is 6.07 Å². The fourth-order valence-corrected chi connectivity index (χ4v) is 2.94. The van der Waals surface area contributed by atoms with Crippen LogP contribution in [0.5, 0.6) is 5.75 Å². The molecule has 0 aliphatic heterocycles. The third kappa shape index (κ3) is 11.9. The van der Waals surface area contributed by atoms with Crippen molar-refractivity contribution in [3.05, 3.63) is 42.0 Å². The molecule has 1 heteroatoms. The molecule has 0 aliphatic rings. The number of hydrogen-bond donors (Lipinski definition) is 1. The molecular formula is C22H36O. The van der Waals surface area contributed by atoms with E-state index in [1.165, 1.54) is 82.6 Å². The van der Waals surface area contributed by atoms with Gasteiger partial charge in [-0.2, -0.15) is 0 Å². The van der Waals surface area contributed by atoms with E-state index in [9.17, 15) is 5.11 Å². The molecule has 0 aliphatic carbocycles. The van der Waals surface area contributed by atoms with Crippen molar-refractivity contribution in [3.63, 3.8) is 0 Å². The molecule has 0 spiro atoms. The van der Waals surface area contributed by atoms with Crippen molar-refractivity contribution in [2.75, 3.05) is 0 Å². The Balaban J connectivity index is 1.84. The van der Waals surface area contributed by atoms with Gasteiger partial charge in [0, 0.05) is 0 Å². The first kappa shape index (κ1) is 19.8. The van der Waals surface area contributed by atoms with Gasteiger partial charge in [0.1, 0.15) is 5.75 Å². The van der Waals surface area contributed by atoms with Gasteiger partial charge < -0.3 is 5.11 Å². The Bertz CT molecular complexity index is 408. The van der Waals surface area contributed by atoms with Crippen LogP contribution in [0.2, 0.25) is 0 Å². The highest BCUT2D eigenvalue weighted by molar-refractivity contribution is 5.27. The average molecular weight is 317 g/mol. The molecule has 130 valence electrons. The summed E-state index contributed by atoms with van der Waals surface area (Å²) in [5.74, 6) is 0.390. The van der Waals surface area contributed by atoms with Crippen molar-refractivity contribution < 1.29 is 5.11 Å². The van der Waals surface area contributed by atoms with Crippen molar-refractivity contribution in [2.24, 2.45) is 0 Å². The number of benzene rings is 1. The molecule has 0 bridgehead atoms. The smallest absolute Gasteiger partial charge is 0.115 e. The van der Waals surface area contributed by atoms with Gasteiger partial charge >= 0.3 is 0 Å². The SMILES string of the molecule is CCCCCC/C=C/CCCCCCCCc1cccc(O)c1. The Labute approximate surface area is 143 Å². The van der Waals surface area contributed by atoms with Gasteiger partial charge in [0.15, 0.2) is 0 Å². The number of unbranched alkanes of at least 4 members (excludes halogenated alkanes) is 10. The van der Waals surface area contributed by atoms with E-state index in [2.05, 4.69) is 25.1 Å². The van der Waals surface area contributed by atoms with Crippen LogP contribution in [0.3, 0.4) is 0 Å². The quantitative estimate of drug-likeness (QED) is 0.284. The molecule has 0 heterocycles. The standard InChI is InChI=1S/C22H36O/c1-2-3-4-5-6-7-8-9-10-11-12-13-14-15-17-21-18-16-19-22(23)20-21/h7-8,16,18-20,23H,2-6,9-15,17H2,1H3/b8-7+. The van der Waals surface area contributed by atoms with Crippen molar-refractivity contribution >= 4 is 0 Å². The molecule has 1 N–H and O–H groups in total. The number of phenolic OH excluding ortho intramolecular Hbond substituents is 1. The molecule has 0 radical (unpaired) electrons. The zero-order valence-electron chi connectivity index (χ0n) is 15.1. The molecule has 0 fully saturated rings. The fourth-order valence-electron chi connectivity index (χ4n) is 2.94. The minimum absolute atomic E-state index is 0.390. The third-order valence-electron chi connectivity index (χ3n) is 4.39. The summed E-state index contributed by atoms with van der Waals surface area (Å²) in [6, 6.07) is 7.66. The summed E-state index contributed by atoms with van der Waals surface area (Å²) in [5, 5.41) is 9.42. The van der Waals surface area contributed by atoms with Crippen molar-refractivity contribution in [1.82, 2.24) is 0 Å². The van der Waals surface area contributed by atoms with Crippen LogP contribution in [0.4, 0.5) is 0 Å². The molecular weight excluding hydrogens is 280 g/mol. The number of rotatable bonds is 14. The van der Waals surface area contributed by atoms with Gasteiger partial charge in [0.2, 0.25) is 0 Å². The third-order valence-corrected chi connectivity index (χ3v) is 4.39. The lowest BCUT2D eigenvalue weighted by atomic mass is 10.0. The van der Waals surface area contributed by atoms with Gasteiger partial charge in [-0.3, -0.25) is 0 Å². The van der Waals surface area contributed by atoms with Crippen LogP contribution in [-0.4, -0.2) is 5.11 Å². The summed E-state index contributed by atoms with van der Waals surface area (Å²) >= 11 is 0. The first-order valence-electron chi connectivity index (χ1n) is 9.76. The second-order valence-corrected chi connectivity index (χ2v) is 6.65. The van der Waals surface area contributed by atoms with E-state index < -0.39 is 0 Å². The second kappa shape index (κ2) is 14.4. The lowest BCUT2D eigenvalue weighted by Crippen LogP contribution is -1.86. The highest BCUT2D eigenvalue weighted by Gasteiger charge is 1.95. The molecule has 1 rings (SSSR count). The molecule has 0 atom stereocenters. The predicted octanol–water partition coefficient (Wildman–Crippen LogP) is 7.19. The normalized spacial score (nSPS) is 11.3. The van der Waals surface area contributed by atoms with Crippen LogP contribution < -0.4 is 0 Å². The number of aryl methyl sites for hydroxylation is 1. The summed E-state index contributed by atoms with van der Waals surface area (Å²) in [6.45, 7) is 2.27. The topological polar surface area (TPSA) is 20.2 Å². The number of phenols is 1. The van der Waals surface area contributed by atoms with Crippen molar-refractivity contribution in [3.8, 4) is 5.75 Å². The van der Waals surface area contributed by atoms with Crippen LogP contribution in [0.15, 0.2) is 36.4 Å². The summed E-state index contributed by atoms with van der Waals surface area (Å²) in [6.07, 6.45) is 21.8. The molecule has 0 saturated carbocycles. The molecule has 0 saturated heterocycles. The highest BCUT2D eigenvalue weighted by Crippen LogP contribution is 2.15. The highest BCUT2D eigenvalue weighted by atomic mass is 16.3. The van der Waals surface area contributed by atoms with E-state index in [1.807, 2.05) is 12.1 Å². The lowest BCUT2D eigenvalue weighted by Gasteiger charge is -2.03. The molecule has 1 aromatic carbocycles. The van der Waals surface area contributed by atoms with E-state index in [0.717, 1.165) is 6.42 Å². The molecule has 23 heavy (non-hydrogen) atoms. The average Bonchev–Trinajstić information content (AvgIpc) is 2.55. The maximum Gasteiger partial charge on any atom is 0.115 e. The monoisotopic (exact) mass is 316 g/mol. The Hall–Kier alpha value is -1.24. The number of hydrogen-bond acceptors (Lipinski definition) is 1. The van der Waals surface area contributed by atoms with E-state index in [4.69, 9.17) is 0 Å². The van der Waals surface area contributed by atoms with Crippen LogP contribution in [0, 0.1) is 0 Å². The summed E-state index contributed by atoms with van der Waals surface area (Å²) in [7, 11) is 0. The maximum absolute atomic E-state index is 9.42. The Morgan fingerprint density at radius 2 is 1.39 bits per heavy atom. The Kier molecular flexibility index (Phi) is 12.4. The first-order chi connectivity index (χ1) is 11.3. The van der Waals surface area contributed by atoms with Crippen LogP contribution in [0.1, 0.15) is 89.5 Å². The minimum Gasteiger partial charge on any atom is -0.508 e. The fraction of sp³-hybridized carbons (Fsp3) is 0.636. The van der Waals surface area contributed by atoms with Crippen molar-refractivity contribution in [1.29, 1.82) is 0 Å². The summed E-state index contributed by atoms with van der Waals surface area (Å²) in [4.78, 5) is 0.